The standard InChI is InChI=1S/C15H12N4O3/c1-22-14-5-4-10(8-17-14)13-7-12(15(20)21)18-19(13)11-3-2-6-16-9-11/h2-9H,1H3,(H,20,21). The molecule has 3 rings (SSSR count). The number of carboxylic acids is 1. The molecule has 0 unspecified atom stereocenters. The Bertz CT molecular complexity index is 797. The SMILES string of the molecule is COc1ccc(-c2cc(C(=O)O)nn2-c2cccnc2)cn1. The molecule has 7 nitrogen and oxygen atoms in total. The van der Waals surface area contributed by atoms with E-state index in [-0.39, 0.29) is 5.69 Å². The molecule has 0 saturated heterocycles. The van der Waals surface area contributed by atoms with E-state index in [9.17, 15) is 9.90 Å². The van der Waals surface area contributed by atoms with Gasteiger partial charge in [-0.3, -0.25) is 4.98 Å². The van der Waals surface area contributed by atoms with Crippen LogP contribution in [0.25, 0.3) is 16.9 Å². The Labute approximate surface area is 125 Å². The van der Waals surface area contributed by atoms with E-state index in [0.29, 0.717) is 17.3 Å². The second kappa shape index (κ2) is 5.65. The average molecular weight is 296 g/mol. The molecule has 3 heterocycles. The summed E-state index contributed by atoms with van der Waals surface area (Å²) in [6.45, 7) is 0. The molecule has 0 radical (unpaired) electrons. The van der Waals surface area contributed by atoms with Crippen LogP contribution in [0.5, 0.6) is 5.88 Å². The molecule has 3 aromatic rings. The van der Waals surface area contributed by atoms with Crippen molar-refractivity contribution in [3.63, 3.8) is 0 Å². The minimum absolute atomic E-state index is 0.0466. The molecule has 110 valence electrons. The van der Waals surface area contributed by atoms with Crippen molar-refractivity contribution in [1.29, 1.82) is 0 Å². The van der Waals surface area contributed by atoms with E-state index in [2.05, 4.69) is 15.1 Å². The lowest BCUT2D eigenvalue weighted by atomic mass is 10.2. The molecule has 22 heavy (non-hydrogen) atoms. The molecule has 0 saturated carbocycles. The van der Waals surface area contributed by atoms with Gasteiger partial charge < -0.3 is 9.84 Å². The van der Waals surface area contributed by atoms with Crippen LogP contribution in [-0.4, -0.2) is 37.9 Å². The maximum Gasteiger partial charge on any atom is 0.356 e. The normalized spacial score (nSPS) is 10.4. The second-order valence-electron chi connectivity index (χ2n) is 4.43. The highest BCUT2D eigenvalue weighted by Gasteiger charge is 2.16. The lowest BCUT2D eigenvalue weighted by Gasteiger charge is -2.07. The lowest BCUT2D eigenvalue weighted by molar-refractivity contribution is 0.0690. The van der Waals surface area contributed by atoms with Crippen molar-refractivity contribution in [3.8, 4) is 22.8 Å². The van der Waals surface area contributed by atoms with Gasteiger partial charge in [-0.15, -0.1) is 0 Å². The largest absolute Gasteiger partial charge is 0.481 e. The summed E-state index contributed by atoms with van der Waals surface area (Å²) in [7, 11) is 1.53. The highest BCUT2D eigenvalue weighted by Crippen LogP contribution is 2.24. The van der Waals surface area contributed by atoms with Crippen molar-refractivity contribution in [2.45, 2.75) is 0 Å². The number of aromatic nitrogens is 4. The minimum atomic E-state index is -1.09. The van der Waals surface area contributed by atoms with Crippen LogP contribution < -0.4 is 4.74 Å². The van der Waals surface area contributed by atoms with Crippen molar-refractivity contribution in [3.05, 3.63) is 54.6 Å². The second-order valence-corrected chi connectivity index (χ2v) is 4.43. The van der Waals surface area contributed by atoms with Gasteiger partial charge in [-0.1, -0.05) is 0 Å². The molecule has 0 aliphatic carbocycles. The molecular formula is C15H12N4O3. The molecule has 0 atom stereocenters. The van der Waals surface area contributed by atoms with Gasteiger partial charge in [0.25, 0.3) is 0 Å². The Morgan fingerprint density at radius 3 is 2.73 bits per heavy atom. The quantitative estimate of drug-likeness (QED) is 0.792. The Morgan fingerprint density at radius 2 is 2.14 bits per heavy atom. The van der Waals surface area contributed by atoms with Crippen LogP contribution in [-0.2, 0) is 0 Å². The summed E-state index contributed by atoms with van der Waals surface area (Å²) < 4.78 is 6.55. The fourth-order valence-electron chi connectivity index (χ4n) is 2.02. The number of nitrogens with zero attached hydrogens (tertiary/aromatic N) is 4. The zero-order valence-electron chi connectivity index (χ0n) is 11.7. The Balaban J connectivity index is 2.14. The summed E-state index contributed by atoms with van der Waals surface area (Å²) in [6, 6.07) is 8.55. The van der Waals surface area contributed by atoms with Gasteiger partial charge in [-0.2, -0.15) is 5.10 Å². The summed E-state index contributed by atoms with van der Waals surface area (Å²) >= 11 is 0. The molecule has 7 heteroatoms. The molecule has 0 bridgehead atoms. The number of ether oxygens (including phenoxy) is 1. The highest BCUT2D eigenvalue weighted by molar-refractivity contribution is 5.87. The van der Waals surface area contributed by atoms with Gasteiger partial charge in [0, 0.05) is 24.0 Å². The van der Waals surface area contributed by atoms with Gasteiger partial charge in [-0.25, -0.2) is 14.5 Å². The Morgan fingerprint density at radius 1 is 1.27 bits per heavy atom. The Kier molecular flexibility index (Phi) is 3.53. The first-order valence-electron chi connectivity index (χ1n) is 6.43. The van der Waals surface area contributed by atoms with Gasteiger partial charge in [0.1, 0.15) is 0 Å². The summed E-state index contributed by atoms with van der Waals surface area (Å²) in [5.41, 5.74) is 1.96. The molecule has 0 aliphatic rings. The first-order valence-corrected chi connectivity index (χ1v) is 6.43. The predicted molar refractivity (Wildman–Crippen MR) is 78.1 cm³/mol. The molecule has 0 amide bonds. The summed E-state index contributed by atoms with van der Waals surface area (Å²) in [5, 5.41) is 13.3. The van der Waals surface area contributed by atoms with E-state index in [1.54, 1.807) is 42.9 Å². The molecule has 0 fully saturated rings. The molecule has 0 aliphatic heterocycles. The number of hydrogen-bond donors (Lipinski definition) is 1. The van der Waals surface area contributed by atoms with E-state index in [4.69, 9.17) is 4.74 Å². The van der Waals surface area contributed by atoms with E-state index in [1.165, 1.54) is 17.9 Å². The first-order chi connectivity index (χ1) is 10.7. The fourth-order valence-corrected chi connectivity index (χ4v) is 2.02. The van der Waals surface area contributed by atoms with Crippen LogP contribution in [0.2, 0.25) is 0 Å². The number of methoxy groups -OCH3 is 1. The zero-order valence-corrected chi connectivity index (χ0v) is 11.7. The van der Waals surface area contributed by atoms with Crippen LogP contribution in [0.1, 0.15) is 10.5 Å². The summed E-state index contributed by atoms with van der Waals surface area (Å²) in [6.07, 6.45) is 4.85. The molecule has 3 aromatic heterocycles. The van der Waals surface area contributed by atoms with Gasteiger partial charge in [0.2, 0.25) is 5.88 Å². The Hall–Kier alpha value is -3.22. The third-order valence-electron chi connectivity index (χ3n) is 3.06. The lowest BCUT2D eigenvalue weighted by Crippen LogP contribution is -2.02. The summed E-state index contributed by atoms with van der Waals surface area (Å²) in [4.78, 5) is 19.4. The molecule has 0 spiro atoms. The number of hydrogen-bond acceptors (Lipinski definition) is 5. The average Bonchev–Trinajstić information content (AvgIpc) is 3.01. The van der Waals surface area contributed by atoms with Gasteiger partial charge >= 0.3 is 5.97 Å². The predicted octanol–water partition coefficient (Wildman–Crippen LogP) is 2.04. The monoisotopic (exact) mass is 296 g/mol. The van der Waals surface area contributed by atoms with Crippen LogP contribution in [0.4, 0.5) is 0 Å². The number of carbonyl (C=O) groups is 1. The number of carboxylic acid groups (broad SMARTS) is 1. The van der Waals surface area contributed by atoms with Gasteiger partial charge in [0.15, 0.2) is 5.69 Å². The van der Waals surface area contributed by atoms with E-state index < -0.39 is 5.97 Å². The third kappa shape index (κ3) is 2.51. The van der Waals surface area contributed by atoms with Crippen LogP contribution >= 0.6 is 0 Å². The highest BCUT2D eigenvalue weighted by atomic mass is 16.5. The number of rotatable bonds is 4. The number of pyridine rings is 2. The number of aromatic carboxylic acids is 1. The zero-order chi connectivity index (χ0) is 15.5. The maximum atomic E-state index is 11.2. The molecular weight excluding hydrogens is 284 g/mol. The van der Waals surface area contributed by atoms with E-state index in [0.717, 1.165) is 5.56 Å². The molecule has 0 aromatic carbocycles. The smallest absolute Gasteiger partial charge is 0.356 e. The van der Waals surface area contributed by atoms with E-state index in [1.807, 2.05) is 0 Å². The van der Waals surface area contributed by atoms with Crippen LogP contribution in [0.3, 0.4) is 0 Å². The van der Waals surface area contributed by atoms with Crippen LogP contribution in [0, 0.1) is 0 Å². The summed E-state index contributed by atoms with van der Waals surface area (Å²) in [5.74, 6) is -0.611. The first kappa shape index (κ1) is 13.7. The van der Waals surface area contributed by atoms with Crippen molar-refractivity contribution in [2.24, 2.45) is 0 Å². The van der Waals surface area contributed by atoms with Crippen LogP contribution in [0.15, 0.2) is 48.9 Å². The third-order valence-corrected chi connectivity index (χ3v) is 3.06. The van der Waals surface area contributed by atoms with Gasteiger partial charge in [-0.05, 0) is 24.3 Å². The topological polar surface area (TPSA) is 90.1 Å². The maximum absolute atomic E-state index is 11.2. The van der Waals surface area contributed by atoms with Crippen molar-refractivity contribution < 1.29 is 14.6 Å². The van der Waals surface area contributed by atoms with E-state index >= 15 is 0 Å². The fraction of sp³-hybridized carbons (Fsp3) is 0.0667. The van der Waals surface area contributed by atoms with Gasteiger partial charge in [0.05, 0.1) is 24.7 Å². The van der Waals surface area contributed by atoms with Crippen molar-refractivity contribution in [2.75, 3.05) is 7.11 Å². The molecule has 1 N–H and O–H groups in total. The minimum Gasteiger partial charge on any atom is -0.481 e. The van der Waals surface area contributed by atoms with Crippen molar-refractivity contribution >= 4 is 5.97 Å². The van der Waals surface area contributed by atoms with Crippen molar-refractivity contribution in [1.82, 2.24) is 19.7 Å².